The first-order chi connectivity index (χ1) is 7.22. The van der Waals surface area contributed by atoms with E-state index in [2.05, 4.69) is 14.9 Å². The Morgan fingerprint density at radius 2 is 2.33 bits per heavy atom. The molecule has 5 nitrogen and oxygen atoms in total. The van der Waals surface area contributed by atoms with Gasteiger partial charge in [0.25, 0.3) is 5.89 Å². The maximum Gasteiger partial charge on any atom is 0.396 e. The minimum Gasteiger partial charge on any atom is -0.462 e. The summed E-state index contributed by atoms with van der Waals surface area (Å²) >= 11 is 1.49. The molecule has 0 unspecified atom stereocenters. The van der Waals surface area contributed by atoms with Crippen LogP contribution in [0.2, 0.25) is 0 Å². The Balaban J connectivity index is 2.36. The zero-order valence-electron chi connectivity index (χ0n) is 8.18. The fraction of sp³-hybridized carbons (Fsp3) is 0.222. The van der Waals surface area contributed by atoms with Crippen LogP contribution in [0.5, 0.6) is 0 Å². The zero-order chi connectivity index (χ0) is 10.8. The number of carbonyl (C=O) groups is 1. The van der Waals surface area contributed by atoms with Crippen molar-refractivity contribution in [1.82, 2.24) is 10.2 Å². The lowest BCUT2D eigenvalue weighted by Gasteiger charge is -1.91. The van der Waals surface area contributed by atoms with Gasteiger partial charge in [0.15, 0.2) is 0 Å². The molecule has 0 amide bonds. The summed E-state index contributed by atoms with van der Waals surface area (Å²) in [5.41, 5.74) is 1.04. The molecule has 15 heavy (non-hydrogen) atoms. The molecule has 78 valence electrons. The molecule has 2 aromatic heterocycles. The number of ether oxygens (including phenoxy) is 1. The summed E-state index contributed by atoms with van der Waals surface area (Å²) in [6.07, 6.45) is 0. The molecule has 0 saturated heterocycles. The highest BCUT2D eigenvalue weighted by atomic mass is 32.1. The lowest BCUT2D eigenvalue weighted by atomic mass is 10.3. The molecule has 0 aromatic carbocycles. The molecule has 2 rings (SSSR count). The quantitative estimate of drug-likeness (QED) is 0.729. The van der Waals surface area contributed by atoms with Crippen molar-refractivity contribution >= 4 is 17.3 Å². The number of methoxy groups -OCH3 is 1. The number of hydrogen-bond donors (Lipinski definition) is 0. The average molecular weight is 224 g/mol. The van der Waals surface area contributed by atoms with Crippen molar-refractivity contribution in [1.29, 1.82) is 0 Å². The van der Waals surface area contributed by atoms with Crippen molar-refractivity contribution in [3.63, 3.8) is 0 Å². The summed E-state index contributed by atoms with van der Waals surface area (Å²) < 4.78 is 9.64. The number of hydrogen-bond acceptors (Lipinski definition) is 6. The summed E-state index contributed by atoms with van der Waals surface area (Å²) in [6.45, 7) is 1.94. The van der Waals surface area contributed by atoms with E-state index in [1.54, 1.807) is 0 Å². The Kier molecular flexibility index (Phi) is 2.51. The van der Waals surface area contributed by atoms with E-state index in [-0.39, 0.29) is 5.89 Å². The van der Waals surface area contributed by atoms with Gasteiger partial charge >= 0.3 is 11.9 Å². The summed E-state index contributed by atoms with van der Waals surface area (Å²) in [4.78, 5) is 11.9. The first-order valence-corrected chi connectivity index (χ1v) is 5.06. The highest BCUT2D eigenvalue weighted by Crippen LogP contribution is 2.27. The van der Waals surface area contributed by atoms with E-state index in [0.29, 0.717) is 5.89 Å². The Bertz CT molecular complexity index is 489. The molecule has 0 fully saturated rings. The van der Waals surface area contributed by atoms with Crippen LogP contribution >= 0.6 is 11.3 Å². The Hall–Kier alpha value is -1.69. The third-order valence-corrected chi connectivity index (χ3v) is 2.85. The Labute approximate surface area is 89.7 Å². The SMILES string of the molecule is COC(=O)c1nnc(-c2sccc2C)o1. The smallest absolute Gasteiger partial charge is 0.396 e. The molecule has 0 aliphatic heterocycles. The van der Waals surface area contributed by atoms with Crippen LogP contribution in [0.25, 0.3) is 10.8 Å². The number of rotatable bonds is 2. The molecule has 2 aromatic rings. The minimum atomic E-state index is -0.622. The van der Waals surface area contributed by atoms with Crippen molar-refractivity contribution in [2.45, 2.75) is 6.92 Å². The molecule has 0 N–H and O–H groups in total. The van der Waals surface area contributed by atoms with E-state index in [1.165, 1.54) is 18.4 Å². The van der Waals surface area contributed by atoms with Crippen LogP contribution in [-0.4, -0.2) is 23.3 Å². The van der Waals surface area contributed by atoms with Crippen molar-refractivity contribution in [2.24, 2.45) is 0 Å². The van der Waals surface area contributed by atoms with Gasteiger partial charge in [0.2, 0.25) is 0 Å². The molecule has 6 heteroatoms. The van der Waals surface area contributed by atoms with Crippen LogP contribution in [0.1, 0.15) is 16.2 Å². The standard InChI is InChI=1S/C9H8N2O3S/c1-5-3-4-15-6(5)7-10-11-8(14-7)9(12)13-2/h3-4H,1-2H3. The van der Waals surface area contributed by atoms with E-state index >= 15 is 0 Å². The summed E-state index contributed by atoms with van der Waals surface area (Å²) in [5.74, 6) is -0.397. The number of nitrogens with zero attached hydrogens (tertiary/aromatic N) is 2. The van der Waals surface area contributed by atoms with Crippen molar-refractivity contribution in [2.75, 3.05) is 7.11 Å². The average Bonchev–Trinajstić information content (AvgIpc) is 2.84. The maximum atomic E-state index is 11.1. The van der Waals surface area contributed by atoms with Crippen LogP contribution in [0.15, 0.2) is 15.9 Å². The van der Waals surface area contributed by atoms with Crippen molar-refractivity contribution in [3.8, 4) is 10.8 Å². The van der Waals surface area contributed by atoms with Gasteiger partial charge in [-0.05, 0) is 23.9 Å². The number of aromatic nitrogens is 2. The predicted molar refractivity (Wildman–Crippen MR) is 53.7 cm³/mol. The van der Waals surface area contributed by atoms with E-state index in [9.17, 15) is 4.79 Å². The zero-order valence-corrected chi connectivity index (χ0v) is 9.00. The maximum absolute atomic E-state index is 11.1. The molecule has 0 radical (unpaired) electrons. The number of esters is 1. The van der Waals surface area contributed by atoms with E-state index in [1.807, 2.05) is 18.4 Å². The first-order valence-electron chi connectivity index (χ1n) is 4.18. The third kappa shape index (κ3) is 1.75. The Morgan fingerprint density at radius 3 is 2.93 bits per heavy atom. The van der Waals surface area contributed by atoms with E-state index < -0.39 is 5.97 Å². The van der Waals surface area contributed by atoms with Gasteiger partial charge < -0.3 is 9.15 Å². The number of aryl methyl sites for hydroxylation is 1. The van der Waals surface area contributed by atoms with Crippen LogP contribution in [-0.2, 0) is 4.74 Å². The normalized spacial score (nSPS) is 10.3. The van der Waals surface area contributed by atoms with Crippen LogP contribution < -0.4 is 0 Å². The molecular formula is C9H8N2O3S. The van der Waals surface area contributed by atoms with E-state index in [4.69, 9.17) is 4.42 Å². The van der Waals surface area contributed by atoms with Gasteiger partial charge in [0, 0.05) is 0 Å². The molecule has 2 heterocycles. The highest BCUT2D eigenvalue weighted by Gasteiger charge is 2.17. The predicted octanol–water partition coefficient (Wildman–Crippen LogP) is 1.89. The molecule has 0 aliphatic rings. The number of thiophene rings is 1. The van der Waals surface area contributed by atoms with Crippen LogP contribution in [0.4, 0.5) is 0 Å². The topological polar surface area (TPSA) is 65.2 Å². The van der Waals surface area contributed by atoms with Gasteiger partial charge in [-0.2, -0.15) is 0 Å². The highest BCUT2D eigenvalue weighted by molar-refractivity contribution is 7.13. The lowest BCUT2D eigenvalue weighted by Crippen LogP contribution is -2.00. The fourth-order valence-corrected chi connectivity index (χ4v) is 1.92. The number of carbonyl (C=O) groups excluding carboxylic acids is 1. The molecule has 0 bridgehead atoms. The van der Waals surface area contributed by atoms with Gasteiger partial charge in [0.05, 0.1) is 12.0 Å². The minimum absolute atomic E-state index is 0.125. The molecular weight excluding hydrogens is 216 g/mol. The third-order valence-electron chi connectivity index (χ3n) is 1.84. The largest absolute Gasteiger partial charge is 0.462 e. The first kappa shape index (κ1) is 9.85. The molecule has 0 atom stereocenters. The molecule has 0 spiro atoms. The van der Waals surface area contributed by atoms with Crippen LogP contribution in [0.3, 0.4) is 0 Å². The summed E-state index contributed by atoms with van der Waals surface area (Å²) in [6, 6.07) is 1.95. The van der Waals surface area contributed by atoms with Gasteiger partial charge in [0.1, 0.15) is 0 Å². The second kappa shape index (κ2) is 3.82. The molecule has 0 aliphatic carbocycles. The van der Waals surface area contributed by atoms with Gasteiger partial charge in [-0.15, -0.1) is 21.5 Å². The lowest BCUT2D eigenvalue weighted by molar-refractivity contribution is 0.0556. The van der Waals surface area contributed by atoms with Gasteiger partial charge in [-0.25, -0.2) is 4.79 Å². The summed E-state index contributed by atoms with van der Waals surface area (Å²) in [7, 11) is 1.27. The van der Waals surface area contributed by atoms with E-state index in [0.717, 1.165) is 10.4 Å². The van der Waals surface area contributed by atoms with Crippen LogP contribution in [0, 0.1) is 6.92 Å². The van der Waals surface area contributed by atoms with Crippen molar-refractivity contribution < 1.29 is 13.9 Å². The second-order valence-electron chi connectivity index (χ2n) is 2.84. The monoisotopic (exact) mass is 224 g/mol. The van der Waals surface area contributed by atoms with Gasteiger partial charge in [-0.1, -0.05) is 0 Å². The fourth-order valence-electron chi connectivity index (χ4n) is 1.08. The summed E-state index contributed by atoms with van der Waals surface area (Å²) in [5, 5.41) is 9.30. The molecule has 0 saturated carbocycles. The second-order valence-corrected chi connectivity index (χ2v) is 3.75. The Morgan fingerprint density at radius 1 is 1.53 bits per heavy atom. The van der Waals surface area contributed by atoms with Crippen molar-refractivity contribution in [3.05, 3.63) is 22.9 Å². The van der Waals surface area contributed by atoms with Gasteiger partial charge in [-0.3, -0.25) is 0 Å².